The lowest BCUT2D eigenvalue weighted by Crippen LogP contribution is -2.15. The van der Waals surface area contributed by atoms with Gasteiger partial charge in [-0.1, -0.05) is 30.0 Å². The number of H-pyrrole nitrogens is 1. The molecule has 116 valence electrons. The number of para-hydroxylation sites is 1. The van der Waals surface area contributed by atoms with Crippen molar-refractivity contribution in [3.05, 3.63) is 62.5 Å². The third kappa shape index (κ3) is 4.11. The highest BCUT2D eigenvalue weighted by Crippen LogP contribution is 2.17. The minimum atomic E-state index is -0.195. The average Bonchev–Trinajstić information content (AvgIpc) is 2.55. The third-order valence-corrected chi connectivity index (χ3v) is 4.59. The Bertz CT molecular complexity index is 912. The lowest BCUT2D eigenvalue weighted by molar-refractivity contribution is -0.113. The molecule has 1 aromatic heterocycles. The maximum atomic E-state index is 12.1. The maximum Gasteiger partial charge on any atom is 0.259 e. The van der Waals surface area contributed by atoms with Gasteiger partial charge in [0.25, 0.3) is 5.56 Å². The number of rotatable bonds is 4. The first kappa shape index (κ1) is 16.0. The van der Waals surface area contributed by atoms with Crippen LogP contribution in [0.5, 0.6) is 0 Å². The predicted octanol–water partition coefficient (Wildman–Crippen LogP) is 3.26. The molecule has 0 aliphatic carbocycles. The normalized spacial score (nSPS) is 10.7. The van der Waals surface area contributed by atoms with Crippen LogP contribution in [0.1, 0.15) is 0 Å². The molecule has 1 amide bonds. The summed E-state index contributed by atoms with van der Waals surface area (Å²) in [4.78, 5) is 31.1. The third-order valence-electron chi connectivity index (χ3n) is 3.04. The van der Waals surface area contributed by atoms with E-state index >= 15 is 0 Å². The zero-order valence-corrected chi connectivity index (χ0v) is 14.8. The van der Waals surface area contributed by atoms with Gasteiger partial charge in [-0.15, -0.1) is 0 Å². The molecule has 2 N–H and O–H groups in total. The highest BCUT2D eigenvalue weighted by Gasteiger charge is 2.08. The number of amides is 1. The first-order valence-electron chi connectivity index (χ1n) is 6.79. The smallest absolute Gasteiger partial charge is 0.259 e. The minimum Gasteiger partial charge on any atom is -0.325 e. The van der Waals surface area contributed by atoms with Crippen molar-refractivity contribution >= 4 is 56.9 Å². The van der Waals surface area contributed by atoms with Gasteiger partial charge in [-0.3, -0.25) is 9.59 Å². The monoisotopic (exact) mass is 437 g/mol. The number of thioether (sulfide) groups is 1. The molecule has 0 unspecified atom stereocenters. The van der Waals surface area contributed by atoms with Crippen LogP contribution in [-0.4, -0.2) is 21.6 Å². The van der Waals surface area contributed by atoms with Crippen LogP contribution in [0, 0.1) is 3.57 Å². The largest absolute Gasteiger partial charge is 0.325 e. The zero-order chi connectivity index (χ0) is 16.2. The van der Waals surface area contributed by atoms with Crippen molar-refractivity contribution in [1.29, 1.82) is 0 Å². The van der Waals surface area contributed by atoms with Crippen molar-refractivity contribution in [1.82, 2.24) is 9.97 Å². The summed E-state index contributed by atoms with van der Waals surface area (Å²) in [6.45, 7) is 0. The number of hydrogen-bond acceptors (Lipinski definition) is 4. The molecule has 0 atom stereocenters. The lowest BCUT2D eigenvalue weighted by atomic mass is 10.2. The summed E-state index contributed by atoms with van der Waals surface area (Å²) in [5, 5.41) is 3.78. The Morgan fingerprint density at radius 2 is 2.00 bits per heavy atom. The van der Waals surface area contributed by atoms with E-state index in [-0.39, 0.29) is 17.2 Å². The fourth-order valence-corrected chi connectivity index (χ4v) is 3.17. The molecule has 5 nitrogen and oxygen atoms in total. The first-order chi connectivity index (χ1) is 11.1. The number of fused-ring (bicyclic) bond motifs is 1. The number of nitrogens with zero attached hydrogens (tertiary/aromatic N) is 1. The lowest BCUT2D eigenvalue weighted by Gasteiger charge is -2.05. The topological polar surface area (TPSA) is 74.8 Å². The van der Waals surface area contributed by atoms with Gasteiger partial charge in [-0.25, -0.2) is 4.98 Å². The molecule has 0 saturated heterocycles. The van der Waals surface area contributed by atoms with E-state index in [0.717, 1.165) is 9.26 Å². The van der Waals surface area contributed by atoms with Crippen molar-refractivity contribution in [3.8, 4) is 0 Å². The van der Waals surface area contributed by atoms with E-state index < -0.39 is 0 Å². The van der Waals surface area contributed by atoms with Crippen LogP contribution < -0.4 is 10.9 Å². The van der Waals surface area contributed by atoms with E-state index in [1.54, 1.807) is 12.1 Å². The molecule has 1 heterocycles. The molecular weight excluding hydrogens is 425 g/mol. The Hall–Kier alpha value is -1.87. The van der Waals surface area contributed by atoms with E-state index in [1.807, 2.05) is 36.4 Å². The van der Waals surface area contributed by atoms with Crippen LogP contribution in [0.15, 0.2) is 58.5 Å². The van der Waals surface area contributed by atoms with Crippen molar-refractivity contribution in [3.63, 3.8) is 0 Å². The minimum absolute atomic E-state index is 0.147. The van der Waals surface area contributed by atoms with Crippen LogP contribution in [-0.2, 0) is 4.79 Å². The van der Waals surface area contributed by atoms with Gasteiger partial charge in [0.05, 0.1) is 16.7 Å². The number of carbonyl (C=O) groups is 1. The molecule has 3 aromatic rings. The molecule has 0 aliphatic rings. The molecule has 0 spiro atoms. The zero-order valence-electron chi connectivity index (χ0n) is 11.9. The van der Waals surface area contributed by atoms with E-state index in [9.17, 15) is 9.59 Å². The molecule has 0 radical (unpaired) electrons. The number of aromatic amines is 1. The van der Waals surface area contributed by atoms with Gasteiger partial charge in [0.1, 0.15) is 0 Å². The Labute approximate surface area is 150 Å². The number of benzene rings is 2. The van der Waals surface area contributed by atoms with Gasteiger partial charge in [-0.05, 0) is 52.9 Å². The highest BCUT2D eigenvalue weighted by molar-refractivity contribution is 14.1. The van der Waals surface area contributed by atoms with Crippen molar-refractivity contribution in [2.45, 2.75) is 5.16 Å². The Kier molecular flexibility index (Phi) is 4.97. The summed E-state index contributed by atoms with van der Waals surface area (Å²) < 4.78 is 0.977. The van der Waals surface area contributed by atoms with Crippen LogP contribution in [0.25, 0.3) is 10.9 Å². The van der Waals surface area contributed by atoms with Crippen molar-refractivity contribution < 1.29 is 4.79 Å². The SMILES string of the molecule is O=C(CSc1nc2ccc(I)cc2c(=O)[nH]1)Nc1ccccc1. The number of aromatic nitrogens is 2. The van der Waals surface area contributed by atoms with Gasteiger partial charge in [0.2, 0.25) is 5.91 Å². The van der Waals surface area contributed by atoms with E-state index in [4.69, 9.17) is 0 Å². The van der Waals surface area contributed by atoms with E-state index in [0.29, 0.717) is 16.1 Å². The summed E-state index contributed by atoms with van der Waals surface area (Å²) in [7, 11) is 0. The second kappa shape index (κ2) is 7.14. The predicted molar refractivity (Wildman–Crippen MR) is 101 cm³/mol. The van der Waals surface area contributed by atoms with Gasteiger partial charge in [0.15, 0.2) is 5.16 Å². The van der Waals surface area contributed by atoms with Crippen molar-refractivity contribution in [2.24, 2.45) is 0 Å². The van der Waals surface area contributed by atoms with Crippen molar-refractivity contribution in [2.75, 3.05) is 11.1 Å². The second-order valence-corrected chi connectivity index (χ2v) is 6.95. The summed E-state index contributed by atoms with van der Waals surface area (Å²) in [5.41, 5.74) is 1.17. The second-order valence-electron chi connectivity index (χ2n) is 4.74. The molecule has 0 fully saturated rings. The first-order valence-corrected chi connectivity index (χ1v) is 8.85. The molecule has 7 heteroatoms. The van der Waals surface area contributed by atoms with Crippen LogP contribution in [0.4, 0.5) is 5.69 Å². The summed E-state index contributed by atoms with van der Waals surface area (Å²) in [6.07, 6.45) is 0. The number of halogens is 1. The molecule has 0 aliphatic heterocycles. The molecule has 0 bridgehead atoms. The fraction of sp³-hybridized carbons (Fsp3) is 0.0625. The van der Waals surface area contributed by atoms with E-state index in [2.05, 4.69) is 37.9 Å². The molecule has 2 aromatic carbocycles. The Morgan fingerprint density at radius 1 is 1.22 bits per heavy atom. The van der Waals surface area contributed by atoms with E-state index in [1.165, 1.54) is 11.8 Å². The number of nitrogens with one attached hydrogen (secondary N) is 2. The van der Waals surface area contributed by atoms with Gasteiger partial charge < -0.3 is 10.3 Å². The molecule has 23 heavy (non-hydrogen) atoms. The van der Waals surface area contributed by atoms with Crippen LogP contribution >= 0.6 is 34.4 Å². The number of carbonyl (C=O) groups excluding carboxylic acids is 1. The quantitative estimate of drug-likeness (QED) is 0.374. The fourth-order valence-electron chi connectivity index (χ4n) is 2.01. The summed E-state index contributed by atoms with van der Waals surface area (Å²) in [5.74, 6) is 0.0276. The number of anilines is 1. The standard InChI is InChI=1S/C16H12IN3O2S/c17-10-6-7-13-12(8-10)15(22)20-16(19-13)23-9-14(21)18-11-4-2-1-3-5-11/h1-8H,9H2,(H,18,21)(H,19,20,22). The van der Waals surface area contributed by atoms with Crippen LogP contribution in [0.3, 0.4) is 0 Å². The average molecular weight is 437 g/mol. The molecule has 3 rings (SSSR count). The maximum absolute atomic E-state index is 12.1. The molecule has 0 saturated carbocycles. The van der Waals surface area contributed by atoms with Gasteiger partial charge in [-0.2, -0.15) is 0 Å². The Balaban J connectivity index is 1.71. The summed E-state index contributed by atoms with van der Waals surface area (Å²) in [6, 6.07) is 14.7. The van der Waals surface area contributed by atoms with Gasteiger partial charge >= 0.3 is 0 Å². The van der Waals surface area contributed by atoms with Gasteiger partial charge in [0, 0.05) is 9.26 Å². The highest BCUT2D eigenvalue weighted by atomic mass is 127. The molecular formula is C16H12IN3O2S. The Morgan fingerprint density at radius 3 is 2.78 bits per heavy atom. The van der Waals surface area contributed by atoms with Crippen LogP contribution in [0.2, 0.25) is 0 Å². The number of hydrogen-bond donors (Lipinski definition) is 2. The summed E-state index contributed by atoms with van der Waals surface area (Å²) >= 11 is 3.35.